The summed E-state index contributed by atoms with van der Waals surface area (Å²) in [6.45, 7) is 12.6. The van der Waals surface area contributed by atoms with Gasteiger partial charge in [0.1, 0.15) is 0 Å². The van der Waals surface area contributed by atoms with Crippen LogP contribution in [0.3, 0.4) is 0 Å². The van der Waals surface area contributed by atoms with Crippen molar-refractivity contribution in [3.05, 3.63) is 11.6 Å². The van der Waals surface area contributed by atoms with Crippen LogP contribution in [0, 0.1) is 46.3 Å². The summed E-state index contributed by atoms with van der Waals surface area (Å²) >= 11 is 0. The van der Waals surface area contributed by atoms with Crippen molar-refractivity contribution < 1.29 is 7.96 Å². The smallest absolute Gasteiger partial charge is 1.00 e. The molecule has 4 rings (SSSR count). The standard InChI is InChI=1S/C27H46O.Mg.2H/c1-18(2)7-6-8-19(3)23-11-12-24-22-10-9-20-17-21(28)13-15-26(20,4)25(22)14-16-27(23,24)5;;;/h9,18-19,21-25,28H,6-8,10-17H2,1-5H3;;;/q;+2;2*-1/t19-,21?,22-,23-,24?,25-,26+,27-;;;/m1.../s1. The average molecular weight is 413 g/mol. The van der Waals surface area contributed by atoms with Gasteiger partial charge in [-0.3, -0.25) is 0 Å². The van der Waals surface area contributed by atoms with E-state index >= 15 is 0 Å². The van der Waals surface area contributed by atoms with Gasteiger partial charge in [-0.15, -0.1) is 0 Å². The molecule has 0 aliphatic heterocycles. The molecule has 1 nitrogen and oxygen atoms in total. The summed E-state index contributed by atoms with van der Waals surface area (Å²) in [6.07, 6.45) is 17.2. The molecule has 29 heavy (non-hydrogen) atoms. The minimum absolute atomic E-state index is 0. The van der Waals surface area contributed by atoms with E-state index in [9.17, 15) is 5.11 Å². The molecule has 164 valence electrons. The van der Waals surface area contributed by atoms with Gasteiger partial charge in [-0.2, -0.15) is 0 Å². The summed E-state index contributed by atoms with van der Waals surface area (Å²) in [5, 5.41) is 10.2. The molecule has 1 N–H and O–H groups in total. The number of hydrogen-bond donors (Lipinski definition) is 1. The molecule has 0 aromatic heterocycles. The van der Waals surface area contributed by atoms with Gasteiger partial charge >= 0.3 is 23.1 Å². The van der Waals surface area contributed by atoms with Crippen LogP contribution < -0.4 is 0 Å². The number of aliphatic hydroxyl groups excluding tert-OH is 1. The quantitative estimate of drug-likeness (QED) is 0.373. The van der Waals surface area contributed by atoms with Crippen LogP contribution in [0.2, 0.25) is 0 Å². The minimum atomic E-state index is -0.0766. The molecule has 3 fully saturated rings. The third kappa shape index (κ3) is 4.25. The van der Waals surface area contributed by atoms with Crippen LogP contribution in [0.5, 0.6) is 0 Å². The molecule has 0 radical (unpaired) electrons. The van der Waals surface area contributed by atoms with Crippen LogP contribution >= 0.6 is 0 Å². The van der Waals surface area contributed by atoms with Crippen LogP contribution in [-0.4, -0.2) is 34.3 Å². The molecule has 0 bridgehead atoms. The third-order valence-electron chi connectivity index (χ3n) is 10.3. The zero-order chi connectivity index (χ0) is 20.1. The Balaban J connectivity index is 0.00000160. The Morgan fingerprint density at radius 3 is 2.52 bits per heavy atom. The van der Waals surface area contributed by atoms with Gasteiger partial charge in [0.15, 0.2) is 0 Å². The zero-order valence-corrected chi connectivity index (χ0v) is 21.5. The Morgan fingerprint density at radius 2 is 1.79 bits per heavy atom. The van der Waals surface area contributed by atoms with Crippen molar-refractivity contribution in [3.8, 4) is 0 Å². The van der Waals surface area contributed by atoms with Crippen LogP contribution in [0.15, 0.2) is 11.6 Å². The van der Waals surface area contributed by atoms with Gasteiger partial charge in [0.05, 0.1) is 6.10 Å². The topological polar surface area (TPSA) is 20.2 Å². The van der Waals surface area contributed by atoms with Crippen molar-refractivity contribution in [2.75, 3.05) is 0 Å². The Kier molecular flexibility index (Phi) is 7.60. The fourth-order valence-electron chi connectivity index (χ4n) is 8.67. The molecule has 0 aromatic rings. The minimum Gasteiger partial charge on any atom is -1.00 e. The van der Waals surface area contributed by atoms with Crippen molar-refractivity contribution in [2.24, 2.45) is 46.3 Å². The normalized spacial score (nSPS) is 44.9. The number of fused-ring (bicyclic) bond motifs is 5. The van der Waals surface area contributed by atoms with Crippen LogP contribution in [0.1, 0.15) is 108 Å². The largest absolute Gasteiger partial charge is 2.00 e. The molecular formula is C27H48MgO. The molecule has 4 aliphatic carbocycles. The predicted molar refractivity (Wildman–Crippen MR) is 127 cm³/mol. The maximum atomic E-state index is 10.2. The first-order valence-electron chi connectivity index (χ1n) is 12.6. The molecule has 8 atom stereocenters. The van der Waals surface area contributed by atoms with Gasteiger partial charge in [-0.25, -0.2) is 0 Å². The van der Waals surface area contributed by atoms with E-state index < -0.39 is 0 Å². The van der Waals surface area contributed by atoms with E-state index in [0.29, 0.717) is 10.8 Å². The fourth-order valence-corrected chi connectivity index (χ4v) is 8.67. The first-order valence-corrected chi connectivity index (χ1v) is 12.6. The monoisotopic (exact) mass is 412 g/mol. The van der Waals surface area contributed by atoms with Crippen LogP contribution in [-0.2, 0) is 0 Å². The third-order valence-corrected chi connectivity index (χ3v) is 10.3. The molecule has 0 saturated heterocycles. The molecule has 0 amide bonds. The number of aliphatic hydroxyl groups is 1. The second kappa shape index (κ2) is 9.14. The van der Waals surface area contributed by atoms with Gasteiger partial charge in [-0.05, 0) is 97.7 Å². The summed E-state index contributed by atoms with van der Waals surface area (Å²) in [6, 6.07) is 0. The number of hydrogen-bond acceptors (Lipinski definition) is 1. The first kappa shape index (κ1) is 24.1. The Bertz CT molecular complexity index is 608. The van der Waals surface area contributed by atoms with E-state index in [1.807, 2.05) is 0 Å². The van der Waals surface area contributed by atoms with Crippen molar-refractivity contribution in [1.29, 1.82) is 0 Å². The maximum absolute atomic E-state index is 10.2. The molecular weight excluding hydrogens is 365 g/mol. The summed E-state index contributed by atoms with van der Waals surface area (Å²) in [5.41, 5.74) is 2.60. The predicted octanol–water partition coefficient (Wildman–Crippen LogP) is 7.23. The van der Waals surface area contributed by atoms with E-state index in [-0.39, 0.29) is 32.0 Å². The molecule has 0 heterocycles. The van der Waals surface area contributed by atoms with Gasteiger partial charge in [-0.1, -0.05) is 65.5 Å². The van der Waals surface area contributed by atoms with E-state index in [1.165, 1.54) is 57.8 Å². The van der Waals surface area contributed by atoms with E-state index in [4.69, 9.17) is 0 Å². The maximum Gasteiger partial charge on any atom is 2.00 e. The van der Waals surface area contributed by atoms with Gasteiger partial charge in [0, 0.05) is 0 Å². The van der Waals surface area contributed by atoms with E-state index in [0.717, 1.165) is 48.3 Å². The number of allylic oxidation sites excluding steroid dienone is 1. The Hall–Kier alpha value is 0.466. The van der Waals surface area contributed by atoms with E-state index in [1.54, 1.807) is 5.57 Å². The van der Waals surface area contributed by atoms with Gasteiger partial charge < -0.3 is 7.96 Å². The van der Waals surface area contributed by atoms with Gasteiger partial charge in [0.25, 0.3) is 0 Å². The summed E-state index contributed by atoms with van der Waals surface area (Å²) in [7, 11) is 0. The zero-order valence-electron chi connectivity index (χ0n) is 22.1. The summed E-state index contributed by atoms with van der Waals surface area (Å²) in [5.74, 6) is 5.46. The first-order chi connectivity index (χ1) is 13.3. The molecule has 4 aliphatic rings. The van der Waals surface area contributed by atoms with Crippen molar-refractivity contribution in [3.63, 3.8) is 0 Å². The Labute approximate surface area is 200 Å². The second-order valence-corrected chi connectivity index (χ2v) is 12.2. The molecule has 0 aromatic carbocycles. The van der Waals surface area contributed by atoms with Crippen molar-refractivity contribution in [1.82, 2.24) is 0 Å². The SMILES string of the molecule is CC(C)CCC[C@@H](C)[C@H]1CCC2[C@H]3CC=C4CC(O)CC[C@]4(C)[C@@H]3CC[C@@]21C.[H-].[H-].[Mg+2]. The summed E-state index contributed by atoms with van der Waals surface area (Å²) < 4.78 is 0. The molecule has 2 heteroatoms. The molecule has 2 unspecified atom stereocenters. The van der Waals surface area contributed by atoms with E-state index in [2.05, 4.69) is 40.7 Å². The second-order valence-electron chi connectivity index (χ2n) is 12.2. The Morgan fingerprint density at radius 1 is 1.03 bits per heavy atom. The van der Waals surface area contributed by atoms with Crippen molar-refractivity contribution in [2.45, 2.75) is 111 Å². The summed E-state index contributed by atoms with van der Waals surface area (Å²) in [4.78, 5) is 0. The van der Waals surface area contributed by atoms with Crippen LogP contribution in [0.25, 0.3) is 0 Å². The van der Waals surface area contributed by atoms with Gasteiger partial charge in [0.2, 0.25) is 0 Å². The van der Waals surface area contributed by atoms with Crippen molar-refractivity contribution >= 4 is 23.1 Å². The molecule has 3 saturated carbocycles. The average Bonchev–Trinajstić information content (AvgIpc) is 2.99. The van der Waals surface area contributed by atoms with Crippen LogP contribution in [0.4, 0.5) is 0 Å². The molecule has 0 spiro atoms. The fraction of sp³-hybridized carbons (Fsp3) is 0.926. The number of rotatable bonds is 5.